The van der Waals surface area contributed by atoms with Gasteiger partial charge in [-0.1, -0.05) is 0 Å². The molecule has 1 atom stereocenters. The molecule has 0 amide bonds. The Balaban J connectivity index is 3.03. The van der Waals surface area contributed by atoms with Crippen LogP contribution in [0.5, 0.6) is 0 Å². The highest BCUT2D eigenvalue weighted by atomic mass is 32.2. The molecule has 4 N–H and O–H groups in total. The minimum atomic E-state index is -4.57. The van der Waals surface area contributed by atoms with Crippen molar-refractivity contribution < 1.29 is 13.2 Å². The minimum absolute atomic E-state index is 0.131. The Morgan fingerprint density at radius 3 is 2.72 bits per heavy atom. The van der Waals surface area contributed by atoms with Crippen LogP contribution in [-0.4, -0.2) is 22.6 Å². The van der Waals surface area contributed by atoms with Crippen molar-refractivity contribution in [3.05, 3.63) is 24.0 Å². The molecule has 1 rings (SSSR count). The van der Waals surface area contributed by atoms with Crippen LogP contribution in [0.3, 0.4) is 0 Å². The average molecular weight is 277 g/mol. The van der Waals surface area contributed by atoms with Crippen LogP contribution in [0.25, 0.3) is 0 Å². The van der Waals surface area contributed by atoms with E-state index in [9.17, 15) is 13.2 Å². The van der Waals surface area contributed by atoms with E-state index in [2.05, 4.69) is 10.1 Å². The van der Waals surface area contributed by atoms with Crippen LogP contribution in [0.15, 0.2) is 28.3 Å². The second kappa shape index (κ2) is 5.80. The van der Waals surface area contributed by atoms with Gasteiger partial charge < -0.3 is 5.73 Å². The smallest absolute Gasteiger partial charge is 0.387 e. The standard InChI is InChI=1S/C9H10F3N5S/c10-9(11,12)7-5(2-1-3-16-7)18-6(4-17-15)8(13)14/h1-3,6,15H,4H2,(H3,13,14). The van der Waals surface area contributed by atoms with Gasteiger partial charge in [0.05, 0.1) is 11.8 Å². The number of rotatable bonds is 5. The summed E-state index contributed by atoms with van der Waals surface area (Å²) in [5.74, 6) is -0.326. The van der Waals surface area contributed by atoms with E-state index < -0.39 is 17.1 Å². The fraction of sp³-hybridized carbons (Fsp3) is 0.333. The van der Waals surface area contributed by atoms with E-state index in [0.717, 1.165) is 18.0 Å². The van der Waals surface area contributed by atoms with Crippen LogP contribution in [0.2, 0.25) is 0 Å². The van der Waals surface area contributed by atoms with Crippen LogP contribution in [-0.2, 0) is 6.18 Å². The summed E-state index contributed by atoms with van der Waals surface area (Å²) >= 11 is 0.729. The van der Waals surface area contributed by atoms with E-state index in [-0.39, 0.29) is 17.3 Å². The predicted octanol–water partition coefficient (Wildman–Crippen LogP) is 2.53. The summed E-state index contributed by atoms with van der Waals surface area (Å²) in [4.78, 5) is 3.16. The van der Waals surface area contributed by atoms with Crippen LogP contribution in [0, 0.1) is 10.9 Å². The van der Waals surface area contributed by atoms with E-state index in [1.165, 1.54) is 12.1 Å². The lowest BCUT2D eigenvalue weighted by Crippen LogP contribution is -2.27. The third kappa shape index (κ3) is 3.69. The molecule has 1 aromatic rings. The largest absolute Gasteiger partial charge is 0.434 e. The number of thioether (sulfide) groups is 1. The average Bonchev–Trinajstić information content (AvgIpc) is 2.27. The van der Waals surface area contributed by atoms with E-state index >= 15 is 0 Å². The van der Waals surface area contributed by atoms with Crippen LogP contribution in [0.1, 0.15) is 5.69 Å². The highest BCUT2D eigenvalue weighted by Crippen LogP contribution is 2.36. The summed E-state index contributed by atoms with van der Waals surface area (Å²) in [6.07, 6.45) is -3.52. The first-order valence-electron chi connectivity index (χ1n) is 4.72. The molecule has 0 spiro atoms. The molecule has 0 aromatic carbocycles. The maximum absolute atomic E-state index is 12.7. The lowest BCUT2D eigenvalue weighted by Gasteiger charge is -2.15. The monoisotopic (exact) mass is 277 g/mol. The Labute approximate surface area is 105 Å². The molecule has 0 saturated carbocycles. The zero-order valence-electron chi connectivity index (χ0n) is 9.03. The minimum Gasteiger partial charge on any atom is -0.387 e. The van der Waals surface area contributed by atoms with Crippen molar-refractivity contribution in [1.29, 1.82) is 10.9 Å². The van der Waals surface area contributed by atoms with Gasteiger partial charge >= 0.3 is 6.18 Å². The van der Waals surface area contributed by atoms with E-state index in [0.29, 0.717) is 0 Å². The molecular formula is C9H10F3N5S. The number of alkyl halides is 3. The number of hydrogen-bond donors (Lipinski definition) is 3. The van der Waals surface area contributed by atoms with Gasteiger partial charge in [-0.2, -0.15) is 18.3 Å². The van der Waals surface area contributed by atoms with Gasteiger partial charge in [0.2, 0.25) is 0 Å². The van der Waals surface area contributed by atoms with Gasteiger partial charge in [-0.05, 0) is 12.1 Å². The molecular weight excluding hydrogens is 267 g/mol. The maximum atomic E-state index is 12.7. The van der Waals surface area contributed by atoms with Crippen LogP contribution < -0.4 is 5.73 Å². The van der Waals surface area contributed by atoms with Crippen LogP contribution >= 0.6 is 11.8 Å². The van der Waals surface area contributed by atoms with E-state index in [1.54, 1.807) is 0 Å². The van der Waals surface area contributed by atoms with Crippen molar-refractivity contribution in [2.75, 3.05) is 6.54 Å². The fourth-order valence-corrected chi connectivity index (χ4v) is 2.15. The molecule has 0 radical (unpaired) electrons. The van der Waals surface area contributed by atoms with Crippen molar-refractivity contribution in [2.24, 2.45) is 10.8 Å². The second-order valence-electron chi connectivity index (χ2n) is 3.25. The van der Waals surface area contributed by atoms with Gasteiger partial charge in [-0.15, -0.1) is 11.8 Å². The number of amidine groups is 1. The number of nitrogens with zero attached hydrogens (tertiary/aromatic N) is 2. The molecule has 9 heteroatoms. The SMILES string of the molecule is N=NCC(Sc1cccnc1C(F)(F)F)C(=N)N. The van der Waals surface area contributed by atoms with Gasteiger partial charge in [0.25, 0.3) is 0 Å². The third-order valence-corrected chi connectivity index (χ3v) is 3.18. The Morgan fingerprint density at radius 1 is 1.56 bits per heavy atom. The quantitative estimate of drug-likeness (QED) is 0.334. The zero-order chi connectivity index (χ0) is 13.8. The van der Waals surface area contributed by atoms with Gasteiger partial charge in [0.15, 0.2) is 5.69 Å². The second-order valence-corrected chi connectivity index (χ2v) is 4.49. The van der Waals surface area contributed by atoms with Gasteiger partial charge in [-0.3, -0.25) is 10.4 Å². The van der Waals surface area contributed by atoms with Crippen molar-refractivity contribution in [1.82, 2.24) is 4.98 Å². The maximum Gasteiger partial charge on any atom is 0.434 e. The van der Waals surface area contributed by atoms with Gasteiger partial charge in [0.1, 0.15) is 5.84 Å². The summed E-state index contributed by atoms with van der Waals surface area (Å²) in [5, 5.41) is 9.50. The Hall–Kier alpha value is -1.64. The number of pyridine rings is 1. The highest BCUT2D eigenvalue weighted by Gasteiger charge is 2.36. The van der Waals surface area contributed by atoms with Crippen molar-refractivity contribution in [3.63, 3.8) is 0 Å². The predicted molar refractivity (Wildman–Crippen MR) is 60.8 cm³/mol. The Morgan fingerprint density at radius 2 is 2.22 bits per heavy atom. The lowest BCUT2D eigenvalue weighted by atomic mass is 10.3. The normalized spacial score (nSPS) is 13.1. The van der Waals surface area contributed by atoms with Crippen molar-refractivity contribution in [3.8, 4) is 0 Å². The first kappa shape index (κ1) is 14.4. The summed E-state index contributed by atoms with van der Waals surface area (Å²) in [6.45, 7) is -0.147. The molecule has 0 saturated heterocycles. The van der Waals surface area contributed by atoms with Gasteiger partial charge in [0, 0.05) is 11.1 Å². The molecule has 0 aliphatic rings. The van der Waals surface area contributed by atoms with E-state index in [1.807, 2.05) is 0 Å². The molecule has 1 aromatic heterocycles. The summed E-state index contributed by atoms with van der Waals surface area (Å²) < 4.78 is 38.0. The van der Waals surface area contributed by atoms with Crippen molar-refractivity contribution >= 4 is 17.6 Å². The van der Waals surface area contributed by atoms with Gasteiger partial charge in [-0.25, -0.2) is 5.53 Å². The number of nitrogens with one attached hydrogen (secondary N) is 2. The molecule has 5 nitrogen and oxygen atoms in total. The summed E-state index contributed by atoms with van der Waals surface area (Å²) in [6, 6.07) is 2.62. The molecule has 1 heterocycles. The van der Waals surface area contributed by atoms with Crippen LogP contribution in [0.4, 0.5) is 13.2 Å². The summed E-state index contributed by atoms with van der Waals surface area (Å²) in [5.41, 5.74) is 10.9. The zero-order valence-corrected chi connectivity index (χ0v) is 9.85. The fourth-order valence-electron chi connectivity index (χ4n) is 1.13. The van der Waals surface area contributed by atoms with E-state index in [4.69, 9.17) is 16.7 Å². The third-order valence-electron chi connectivity index (χ3n) is 1.91. The highest BCUT2D eigenvalue weighted by molar-refractivity contribution is 8.00. The topological polar surface area (TPSA) is 99.0 Å². The molecule has 0 fully saturated rings. The summed E-state index contributed by atoms with van der Waals surface area (Å²) in [7, 11) is 0. The molecule has 98 valence electrons. The first-order chi connectivity index (χ1) is 8.36. The van der Waals surface area contributed by atoms with Crippen molar-refractivity contribution in [2.45, 2.75) is 16.3 Å². The number of nitrogens with two attached hydrogens (primary N) is 1. The first-order valence-corrected chi connectivity index (χ1v) is 5.60. The molecule has 18 heavy (non-hydrogen) atoms. The molecule has 0 aliphatic carbocycles. The number of halogens is 3. The molecule has 1 unspecified atom stereocenters. The number of hydrogen-bond acceptors (Lipinski definition) is 5. The Bertz CT molecular complexity index is 448. The lowest BCUT2D eigenvalue weighted by molar-refractivity contribution is -0.143. The Kier molecular flexibility index (Phi) is 4.65. The molecule has 0 bridgehead atoms. The number of aromatic nitrogens is 1. The molecule has 0 aliphatic heterocycles.